The van der Waals surface area contributed by atoms with Gasteiger partial charge in [0.15, 0.2) is 4.58 Å². The van der Waals surface area contributed by atoms with E-state index in [1.165, 1.54) is 0 Å². The number of alkyl halides is 2. The average Bonchev–Trinajstić information content (AvgIpc) is 1.88. The van der Waals surface area contributed by atoms with E-state index in [9.17, 15) is 0 Å². The molecule has 0 aromatic rings. The highest BCUT2D eigenvalue weighted by atomic mass is 35.5. The van der Waals surface area contributed by atoms with Crippen LogP contribution in [-0.4, -0.2) is 17.8 Å². The van der Waals surface area contributed by atoms with E-state index < -0.39 is 11.1 Å². The van der Waals surface area contributed by atoms with Crippen molar-refractivity contribution in [1.82, 2.24) is 0 Å². The summed E-state index contributed by atoms with van der Waals surface area (Å²) in [5, 5.41) is 0. The molecule has 0 saturated carbocycles. The molecule has 2 nitrogen and oxygen atoms in total. The molecular weight excluding hydrogens is 226 g/mol. The van der Waals surface area contributed by atoms with Gasteiger partial charge in [-0.2, -0.15) is 0 Å². The molecule has 0 aliphatic rings. The Morgan fingerprint density at radius 2 is 1.64 bits per heavy atom. The zero-order chi connectivity index (χ0) is 8.91. The molecule has 0 aromatic carbocycles. The van der Waals surface area contributed by atoms with Crippen molar-refractivity contribution in [1.29, 1.82) is 0 Å². The first-order valence-corrected chi connectivity index (χ1v) is 6.81. The maximum Gasteiger partial charge on any atom is 0.221 e. The molecule has 68 valence electrons. The van der Waals surface area contributed by atoms with Gasteiger partial charge in [-0.15, -0.1) is 0 Å². The van der Waals surface area contributed by atoms with Gasteiger partial charge in [0.1, 0.15) is 0 Å². The van der Waals surface area contributed by atoms with Gasteiger partial charge in [-0.1, -0.05) is 23.2 Å². The lowest BCUT2D eigenvalue weighted by Gasteiger charge is -2.21. The summed E-state index contributed by atoms with van der Waals surface area (Å²) in [6.45, 7) is 2.19. The summed E-state index contributed by atoms with van der Waals surface area (Å²) in [6, 6.07) is 0. The van der Waals surface area contributed by atoms with Gasteiger partial charge < -0.3 is 9.05 Å². The van der Waals surface area contributed by atoms with E-state index in [4.69, 9.17) is 44.1 Å². The van der Waals surface area contributed by atoms with Crippen LogP contribution in [0.3, 0.4) is 0 Å². The first-order chi connectivity index (χ1) is 5.06. The van der Waals surface area contributed by atoms with Crippen molar-refractivity contribution in [3.05, 3.63) is 0 Å². The van der Waals surface area contributed by atoms with Gasteiger partial charge in [-0.3, -0.25) is 0 Å². The number of rotatable bonds is 5. The Balaban J connectivity index is 4.14. The first-order valence-electron chi connectivity index (χ1n) is 3.23. The monoisotopic (exact) mass is 236 g/mol. The van der Waals surface area contributed by atoms with Gasteiger partial charge >= 0.3 is 0 Å². The second-order valence-corrected chi connectivity index (χ2v) is 7.00. The number of hydrogen-bond acceptors (Lipinski definition) is 3. The van der Waals surface area contributed by atoms with Crippen molar-refractivity contribution >= 4 is 41.5 Å². The third-order valence-corrected chi connectivity index (χ3v) is 6.07. The van der Waals surface area contributed by atoms with Crippen molar-refractivity contribution in [2.45, 2.75) is 18.4 Å². The first kappa shape index (κ1) is 12.2. The summed E-state index contributed by atoms with van der Waals surface area (Å²) in [5.74, 6) is 0. The Labute approximate surface area is 82.3 Å². The van der Waals surface area contributed by atoms with Crippen molar-refractivity contribution in [3.8, 4) is 0 Å². The lowest BCUT2D eigenvalue weighted by Crippen LogP contribution is -2.01. The molecule has 0 N–H and O–H groups in total. The van der Waals surface area contributed by atoms with E-state index in [-0.39, 0.29) is 0 Å². The van der Waals surface area contributed by atoms with Crippen LogP contribution in [0, 0.1) is 0 Å². The largest absolute Gasteiger partial charge is 0.328 e. The van der Waals surface area contributed by atoms with Gasteiger partial charge in [0, 0.05) is 0 Å². The summed E-state index contributed by atoms with van der Waals surface area (Å²) in [6.07, 6.45) is 0. The Kier molecular flexibility index (Phi) is 6.34. The molecule has 0 amide bonds. The fourth-order valence-electron chi connectivity index (χ4n) is 0.510. The second kappa shape index (κ2) is 5.74. The van der Waals surface area contributed by atoms with Gasteiger partial charge in [0.2, 0.25) is 6.49 Å². The molecular formula is C5H11Cl2O2PS. The summed E-state index contributed by atoms with van der Waals surface area (Å²) in [4.78, 5) is 0. The van der Waals surface area contributed by atoms with Gasteiger partial charge in [0.05, 0.1) is 13.2 Å². The highest BCUT2D eigenvalue weighted by Gasteiger charge is 2.26. The molecule has 0 aromatic heterocycles. The molecule has 0 radical (unpaired) electrons. The van der Waals surface area contributed by atoms with Crippen molar-refractivity contribution in [2.24, 2.45) is 0 Å². The second-order valence-electron chi connectivity index (χ2n) is 1.65. The fourth-order valence-corrected chi connectivity index (χ4v) is 2.84. The van der Waals surface area contributed by atoms with E-state index in [2.05, 4.69) is 0 Å². The molecule has 0 spiro atoms. The van der Waals surface area contributed by atoms with E-state index in [0.717, 1.165) is 0 Å². The average molecular weight is 237 g/mol. The minimum atomic E-state index is -2.43. The maximum atomic E-state index is 5.60. The Bertz CT molecular complexity index is 143. The molecule has 0 aliphatic heterocycles. The van der Waals surface area contributed by atoms with Crippen molar-refractivity contribution in [2.75, 3.05) is 13.2 Å². The van der Waals surface area contributed by atoms with Gasteiger partial charge in [-0.05, 0) is 25.7 Å². The topological polar surface area (TPSA) is 18.5 Å². The molecule has 0 atom stereocenters. The predicted octanol–water partition coefficient (Wildman–Crippen LogP) is 3.13. The number of hydrogen-bond donors (Lipinski definition) is 0. The lowest BCUT2D eigenvalue weighted by molar-refractivity contribution is 0.268. The van der Waals surface area contributed by atoms with Gasteiger partial charge in [-0.25, -0.2) is 0 Å². The van der Waals surface area contributed by atoms with E-state index in [0.29, 0.717) is 13.2 Å². The summed E-state index contributed by atoms with van der Waals surface area (Å²) in [7, 11) is 0. The molecule has 6 heteroatoms. The van der Waals surface area contributed by atoms with Gasteiger partial charge in [0.25, 0.3) is 0 Å². The van der Waals surface area contributed by atoms with Crippen LogP contribution in [0.2, 0.25) is 0 Å². The van der Waals surface area contributed by atoms with Crippen LogP contribution in [0.15, 0.2) is 0 Å². The van der Waals surface area contributed by atoms with Crippen LogP contribution in [-0.2, 0) is 20.9 Å². The highest BCUT2D eigenvalue weighted by molar-refractivity contribution is 8.11. The third-order valence-electron chi connectivity index (χ3n) is 0.857. The lowest BCUT2D eigenvalue weighted by atomic mass is 10.9. The van der Waals surface area contributed by atoms with E-state index >= 15 is 0 Å². The molecule has 0 heterocycles. The van der Waals surface area contributed by atoms with Crippen LogP contribution in [0.5, 0.6) is 0 Å². The minimum Gasteiger partial charge on any atom is -0.328 e. The molecule has 0 bridgehead atoms. The van der Waals surface area contributed by atoms with E-state index in [1.54, 1.807) is 0 Å². The maximum absolute atomic E-state index is 5.60. The summed E-state index contributed by atoms with van der Waals surface area (Å²) >= 11 is 16.2. The fraction of sp³-hybridized carbons (Fsp3) is 1.00. The molecule has 0 saturated heterocycles. The Morgan fingerprint density at radius 3 is 1.82 bits per heavy atom. The molecule has 0 fully saturated rings. The van der Waals surface area contributed by atoms with Crippen molar-refractivity contribution < 1.29 is 9.05 Å². The normalized spacial score (nSPS) is 12.5. The third kappa shape index (κ3) is 4.07. The van der Waals surface area contributed by atoms with Crippen LogP contribution >= 0.6 is 29.7 Å². The smallest absolute Gasteiger partial charge is 0.221 e. The van der Waals surface area contributed by atoms with Crippen LogP contribution in [0.1, 0.15) is 13.8 Å². The van der Waals surface area contributed by atoms with Crippen LogP contribution in [0.25, 0.3) is 0 Å². The molecule has 0 rings (SSSR count). The van der Waals surface area contributed by atoms with Crippen LogP contribution in [0.4, 0.5) is 0 Å². The Morgan fingerprint density at radius 1 is 1.27 bits per heavy atom. The summed E-state index contributed by atoms with van der Waals surface area (Å²) < 4.78 is 9.60. The van der Waals surface area contributed by atoms with E-state index in [1.807, 2.05) is 13.8 Å². The van der Waals surface area contributed by atoms with Crippen LogP contribution < -0.4 is 0 Å². The SMILES string of the molecule is CCOP(=S)(OCC)C(Cl)Cl. The molecule has 11 heavy (non-hydrogen) atoms. The minimum absolute atomic E-state index is 0.479. The standard InChI is InChI=1S/C5H11Cl2O2PS/c1-3-8-10(11,5(6)7)9-4-2/h5H,3-4H2,1-2H3. The quantitative estimate of drug-likeness (QED) is 0.540. The zero-order valence-corrected chi connectivity index (χ0v) is 9.64. The molecule has 0 unspecified atom stereocenters. The number of halogens is 2. The predicted molar refractivity (Wildman–Crippen MR) is 53.0 cm³/mol. The highest BCUT2D eigenvalue weighted by Crippen LogP contribution is 2.56. The van der Waals surface area contributed by atoms with Crippen molar-refractivity contribution in [3.63, 3.8) is 0 Å². The molecule has 0 aliphatic carbocycles. The zero-order valence-electron chi connectivity index (χ0n) is 6.42. The summed E-state index contributed by atoms with van der Waals surface area (Å²) in [5.41, 5.74) is 0. The Hall–Kier alpha value is 1.15.